The Hall–Kier alpha value is -3.51. The van der Waals surface area contributed by atoms with Crippen molar-refractivity contribution < 1.29 is 13.6 Å². The summed E-state index contributed by atoms with van der Waals surface area (Å²) in [5, 5.41) is 2.75. The molecule has 4 nitrogen and oxygen atoms in total. The van der Waals surface area contributed by atoms with Gasteiger partial charge >= 0.3 is 0 Å². The molecule has 3 aromatic carbocycles. The first-order valence-electron chi connectivity index (χ1n) is 9.52. The second-order valence-corrected chi connectivity index (χ2v) is 8.04. The SMILES string of the molecule is O=C(Cc1ccc2ccccc2c1)N(Cc1ccco1)c1nc2ccc(F)cc2s1. The zero-order valence-electron chi connectivity index (χ0n) is 15.9. The Morgan fingerprint density at radius 3 is 2.70 bits per heavy atom. The maximum absolute atomic E-state index is 13.6. The van der Waals surface area contributed by atoms with Crippen LogP contribution in [0.5, 0.6) is 0 Å². The van der Waals surface area contributed by atoms with E-state index in [2.05, 4.69) is 4.98 Å². The molecule has 5 rings (SSSR count). The summed E-state index contributed by atoms with van der Waals surface area (Å²) in [5.74, 6) is 0.242. The molecule has 0 bridgehead atoms. The number of carbonyl (C=O) groups excluding carboxylic acids is 1. The fraction of sp³-hybridized carbons (Fsp3) is 0.0833. The van der Waals surface area contributed by atoms with E-state index >= 15 is 0 Å². The van der Waals surface area contributed by atoms with E-state index in [1.165, 1.54) is 23.5 Å². The summed E-state index contributed by atoms with van der Waals surface area (Å²) in [6.07, 6.45) is 1.81. The van der Waals surface area contributed by atoms with E-state index in [9.17, 15) is 9.18 Å². The molecule has 0 aliphatic carbocycles. The number of nitrogens with zero attached hydrogens (tertiary/aromatic N) is 2. The van der Waals surface area contributed by atoms with Gasteiger partial charge in [-0.1, -0.05) is 53.8 Å². The lowest BCUT2D eigenvalue weighted by Crippen LogP contribution is -2.31. The summed E-state index contributed by atoms with van der Waals surface area (Å²) >= 11 is 1.30. The zero-order chi connectivity index (χ0) is 20.5. The topological polar surface area (TPSA) is 46.3 Å². The van der Waals surface area contributed by atoms with E-state index in [4.69, 9.17) is 4.42 Å². The highest BCUT2D eigenvalue weighted by atomic mass is 32.1. The standard InChI is InChI=1S/C24H17FN2O2S/c25-19-9-10-21-22(14-19)30-24(26-21)27(15-20-6-3-11-29-20)23(28)13-16-7-8-17-4-1-2-5-18(17)12-16/h1-12,14H,13,15H2. The first kappa shape index (κ1) is 18.5. The predicted molar refractivity (Wildman–Crippen MR) is 117 cm³/mol. The quantitative estimate of drug-likeness (QED) is 0.355. The number of thiazole rings is 1. The molecule has 0 spiro atoms. The molecular weight excluding hydrogens is 399 g/mol. The van der Waals surface area contributed by atoms with Crippen LogP contribution in [-0.2, 0) is 17.8 Å². The number of hydrogen-bond acceptors (Lipinski definition) is 4. The second-order valence-electron chi connectivity index (χ2n) is 7.03. The molecular formula is C24H17FN2O2S. The third kappa shape index (κ3) is 3.69. The lowest BCUT2D eigenvalue weighted by Gasteiger charge is -2.19. The van der Waals surface area contributed by atoms with Gasteiger partial charge in [0.15, 0.2) is 5.13 Å². The summed E-state index contributed by atoms with van der Waals surface area (Å²) in [6.45, 7) is 0.266. The van der Waals surface area contributed by atoms with Crippen LogP contribution in [0.4, 0.5) is 9.52 Å². The van der Waals surface area contributed by atoms with Gasteiger partial charge in [-0.15, -0.1) is 0 Å². The zero-order valence-corrected chi connectivity index (χ0v) is 16.7. The Kier molecular flexibility index (Phi) is 4.77. The van der Waals surface area contributed by atoms with Crippen molar-refractivity contribution >= 4 is 43.4 Å². The number of aromatic nitrogens is 1. The molecule has 0 saturated heterocycles. The van der Waals surface area contributed by atoms with Crippen molar-refractivity contribution in [3.8, 4) is 0 Å². The van der Waals surface area contributed by atoms with E-state index in [0.29, 0.717) is 21.1 Å². The lowest BCUT2D eigenvalue weighted by atomic mass is 10.0. The maximum atomic E-state index is 13.6. The van der Waals surface area contributed by atoms with Gasteiger partial charge < -0.3 is 4.42 Å². The minimum atomic E-state index is -0.322. The van der Waals surface area contributed by atoms with Crippen molar-refractivity contribution in [1.29, 1.82) is 0 Å². The van der Waals surface area contributed by atoms with Crippen LogP contribution in [0.1, 0.15) is 11.3 Å². The number of furan rings is 1. The predicted octanol–water partition coefficient (Wildman–Crippen LogP) is 5.96. The van der Waals surface area contributed by atoms with E-state index in [-0.39, 0.29) is 24.7 Å². The normalized spacial score (nSPS) is 11.2. The molecule has 30 heavy (non-hydrogen) atoms. The first-order chi connectivity index (χ1) is 14.7. The van der Waals surface area contributed by atoms with Gasteiger partial charge in [0.1, 0.15) is 11.6 Å². The number of amides is 1. The Morgan fingerprint density at radius 1 is 1.00 bits per heavy atom. The third-order valence-corrected chi connectivity index (χ3v) is 5.98. The highest BCUT2D eigenvalue weighted by Crippen LogP contribution is 2.31. The third-order valence-electron chi connectivity index (χ3n) is 4.93. The van der Waals surface area contributed by atoms with Crippen LogP contribution in [-0.4, -0.2) is 10.9 Å². The van der Waals surface area contributed by atoms with Crippen molar-refractivity contribution in [2.45, 2.75) is 13.0 Å². The van der Waals surface area contributed by atoms with E-state index in [0.717, 1.165) is 16.3 Å². The number of carbonyl (C=O) groups is 1. The van der Waals surface area contributed by atoms with Crippen LogP contribution < -0.4 is 4.90 Å². The Balaban J connectivity index is 1.48. The summed E-state index contributed by atoms with van der Waals surface area (Å²) in [7, 11) is 0. The molecule has 0 saturated carbocycles. The van der Waals surface area contributed by atoms with Crippen molar-refractivity contribution in [2.24, 2.45) is 0 Å². The van der Waals surface area contributed by atoms with Crippen molar-refractivity contribution in [1.82, 2.24) is 4.98 Å². The van der Waals surface area contributed by atoms with Crippen molar-refractivity contribution in [3.63, 3.8) is 0 Å². The minimum absolute atomic E-state index is 0.0961. The highest BCUT2D eigenvalue weighted by Gasteiger charge is 2.22. The number of anilines is 1. The van der Waals surface area contributed by atoms with Crippen molar-refractivity contribution in [2.75, 3.05) is 4.90 Å². The van der Waals surface area contributed by atoms with Crippen LogP contribution >= 0.6 is 11.3 Å². The van der Waals surface area contributed by atoms with Gasteiger partial charge in [-0.25, -0.2) is 9.37 Å². The molecule has 0 unspecified atom stereocenters. The molecule has 0 N–H and O–H groups in total. The Morgan fingerprint density at radius 2 is 1.87 bits per heavy atom. The molecule has 0 fully saturated rings. The average molecular weight is 416 g/mol. The molecule has 2 heterocycles. The molecule has 0 aliphatic rings. The Bertz CT molecular complexity index is 1340. The Labute approximate surface area is 176 Å². The number of benzene rings is 3. The summed E-state index contributed by atoms with van der Waals surface area (Å²) in [6, 6.07) is 22.1. The maximum Gasteiger partial charge on any atom is 0.233 e. The number of rotatable bonds is 5. The summed E-state index contributed by atoms with van der Waals surface area (Å²) in [4.78, 5) is 19.5. The van der Waals surface area contributed by atoms with Crippen LogP contribution in [0.25, 0.3) is 21.0 Å². The molecule has 148 valence electrons. The molecule has 0 radical (unpaired) electrons. The first-order valence-corrected chi connectivity index (χ1v) is 10.3. The second kappa shape index (κ2) is 7.72. The highest BCUT2D eigenvalue weighted by molar-refractivity contribution is 7.22. The number of halogens is 1. The van der Waals surface area contributed by atoms with Gasteiger partial charge in [-0.05, 0) is 46.7 Å². The van der Waals surface area contributed by atoms with E-state index < -0.39 is 0 Å². The molecule has 5 aromatic rings. The van der Waals surface area contributed by atoms with Crippen LogP contribution in [0.3, 0.4) is 0 Å². The molecule has 6 heteroatoms. The van der Waals surface area contributed by atoms with Crippen LogP contribution in [0.15, 0.2) is 83.5 Å². The van der Waals surface area contributed by atoms with Crippen LogP contribution in [0.2, 0.25) is 0 Å². The largest absolute Gasteiger partial charge is 0.467 e. The smallest absolute Gasteiger partial charge is 0.233 e. The number of hydrogen-bond donors (Lipinski definition) is 0. The molecule has 1 amide bonds. The minimum Gasteiger partial charge on any atom is -0.467 e. The molecule has 2 aromatic heterocycles. The fourth-order valence-electron chi connectivity index (χ4n) is 3.44. The van der Waals surface area contributed by atoms with Crippen molar-refractivity contribution in [3.05, 3.63) is 96.2 Å². The van der Waals surface area contributed by atoms with Gasteiger partial charge in [0.25, 0.3) is 0 Å². The van der Waals surface area contributed by atoms with E-state index in [1.807, 2.05) is 48.5 Å². The average Bonchev–Trinajstić information content (AvgIpc) is 3.41. The van der Waals surface area contributed by atoms with Gasteiger partial charge in [-0.2, -0.15) is 0 Å². The van der Waals surface area contributed by atoms with Gasteiger partial charge in [-0.3, -0.25) is 9.69 Å². The van der Waals surface area contributed by atoms with Gasteiger partial charge in [0.2, 0.25) is 5.91 Å². The molecule has 0 atom stereocenters. The molecule has 0 aliphatic heterocycles. The monoisotopic (exact) mass is 416 g/mol. The van der Waals surface area contributed by atoms with E-state index in [1.54, 1.807) is 23.3 Å². The number of fused-ring (bicyclic) bond motifs is 2. The fourth-order valence-corrected chi connectivity index (χ4v) is 4.45. The lowest BCUT2D eigenvalue weighted by molar-refractivity contribution is -0.118. The van der Waals surface area contributed by atoms with Crippen LogP contribution in [0, 0.1) is 5.82 Å². The summed E-state index contributed by atoms with van der Waals surface area (Å²) in [5.41, 5.74) is 1.59. The summed E-state index contributed by atoms with van der Waals surface area (Å²) < 4.78 is 19.8. The van der Waals surface area contributed by atoms with Gasteiger partial charge in [0.05, 0.1) is 29.4 Å². The van der Waals surface area contributed by atoms with Gasteiger partial charge in [0, 0.05) is 0 Å².